The van der Waals surface area contributed by atoms with Gasteiger partial charge in [-0.05, 0) is 42.8 Å². The molecular formula is C13H16N4O2S. The van der Waals surface area contributed by atoms with Gasteiger partial charge in [-0.3, -0.25) is 4.98 Å². The maximum atomic E-state index is 11.4. The first-order valence-electron chi connectivity index (χ1n) is 5.96. The van der Waals surface area contributed by atoms with Crippen LogP contribution in [0.4, 0.5) is 11.4 Å². The highest BCUT2D eigenvalue weighted by atomic mass is 32.2. The van der Waals surface area contributed by atoms with Gasteiger partial charge in [-0.15, -0.1) is 0 Å². The molecule has 0 aliphatic heterocycles. The number of hydrogen-bond donors (Lipinski definition) is 3. The first-order valence-corrected chi connectivity index (χ1v) is 7.51. The first kappa shape index (κ1) is 14.3. The number of nitrogens with zero attached hydrogens (tertiary/aromatic N) is 1. The second kappa shape index (κ2) is 5.48. The molecule has 0 aliphatic carbocycles. The number of hydrogen-bond acceptors (Lipinski definition) is 5. The van der Waals surface area contributed by atoms with Crippen LogP contribution in [-0.4, -0.2) is 13.4 Å². The lowest BCUT2D eigenvalue weighted by Crippen LogP contribution is -2.14. The van der Waals surface area contributed by atoms with Crippen LogP contribution in [0.1, 0.15) is 18.5 Å². The molecule has 1 unspecified atom stereocenters. The quantitative estimate of drug-likeness (QED) is 0.739. The Balaban J connectivity index is 2.28. The molecule has 0 bridgehead atoms. The van der Waals surface area contributed by atoms with Crippen molar-refractivity contribution < 1.29 is 8.42 Å². The molecule has 1 aromatic heterocycles. The van der Waals surface area contributed by atoms with Crippen molar-refractivity contribution in [1.82, 2.24) is 4.98 Å². The van der Waals surface area contributed by atoms with Crippen molar-refractivity contribution in [3.8, 4) is 0 Å². The van der Waals surface area contributed by atoms with E-state index in [1.165, 1.54) is 12.1 Å². The lowest BCUT2D eigenvalue weighted by atomic mass is 10.1. The highest BCUT2D eigenvalue weighted by Crippen LogP contribution is 2.23. The van der Waals surface area contributed by atoms with Crippen LogP contribution in [-0.2, 0) is 10.0 Å². The number of primary sulfonamides is 1. The van der Waals surface area contributed by atoms with Crippen molar-refractivity contribution in [2.75, 3.05) is 11.1 Å². The molecule has 0 saturated carbocycles. The molecule has 0 spiro atoms. The van der Waals surface area contributed by atoms with Gasteiger partial charge in [0.25, 0.3) is 0 Å². The van der Waals surface area contributed by atoms with Crippen LogP contribution >= 0.6 is 0 Å². The smallest absolute Gasteiger partial charge is 0.238 e. The van der Waals surface area contributed by atoms with Gasteiger partial charge >= 0.3 is 0 Å². The SMILES string of the molecule is CC(Nc1cc(N)cc(S(N)(=O)=O)c1)c1ccncc1. The van der Waals surface area contributed by atoms with Crippen molar-refractivity contribution in [2.24, 2.45) is 5.14 Å². The van der Waals surface area contributed by atoms with Crippen LogP contribution in [0.5, 0.6) is 0 Å². The normalized spacial score (nSPS) is 12.9. The number of nitrogens with one attached hydrogen (secondary N) is 1. The Morgan fingerprint density at radius 3 is 2.45 bits per heavy atom. The fourth-order valence-corrected chi connectivity index (χ4v) is 2.45. The second-order valence-electron chi connectivity index (χ2n) is 4.48. The van der Waals surface area contributed by atoms with Crippen LogP contribution in [0.2, 0.25) is 0 Å². The van der Waals surface area contributed by atoms with Gasteiger partial charge in [0.15, 0.2) is 0 Å². The molecule has 5 N–H and O–H groups in total. The summed E-state index contributed by atoms with van der Waals surface area (Å²) < 4.78 is 22.8. The molecule has 0 radical (unpaired) electrons. The van der Waals surface area contributed by atoms with E-state index in [1.807, 2.05) is 19.1 Å². The number of pyridine rings is 1. The predicted octanol–water partition coefficient (Wildman–Crippen LogP) is 1.48. The molecule has 2 aromatic rings. The van der Waals surface area contributed by atoms with Gasteiger partial charge in [0.1, 0.15) is 0 Å². The second-order valence-corrected chi connectivity index (χ2v) is 6.04. The van der Waals surface area contributed by atoms with Crippen molar-refractivity contribution in [3.05, 3.63) is 48.3 Å². The summed E-state index contributed by atoms with van der Waals surface area (Å²) in [6.45, 7) is 1.95. The number of rotatable bonds is 4. The first-order chi connectivity index (χ1) is 9.36. The minimum absolute atomic E-state index is 0.0121. The van der Waals surface area contributed by atoms with Gasteiger partial charge in [-0.1, -0.05) is 0 Å². The van der Waals surface area contributed by atoms with E-state index in [0.717, 1.165) is 5.56 Å². The largest absolute Gasteiger partial charge is 0.399 e. The standard InChI is InChI=1S/C13H16N4O2S/c1-9(10-2-4-16-5-3-10)17-12-6-11(14)7-13(8-12)20(15,18)19/h2-9,17H,14H2,1H3,(H2,15,18,19). The van der Waals surface area contributed by atoms with E-state index >= 15 is 0 Å². The van der Waals surface area contributed by atoms with E-state index < -0.39 is 10.0 Å². The van der Waals surface area contributed by atoms with E-state index in [9.17, 15) is 8.42 Å². The Labute approximate surface area is 117 Å². The van der Waals surface area contributed by atoms with Crippen LogP contribution in [0, 0.1) is 0 Å². The van der Waals surface area contributed by atoms with Crippen LogP contribution in [0.15, 0.2) is 47.6 Å². The van der Waals surface area contributed by atoms with Crippen molar-refractivity contribution in [1.29, 1.82) is 0 Å². The number of aromatic nitrogens is 1. The van der Waals surface area contributed by atoms with Gasteiger partial charge in [-0.25, -0.2) is 13.6 Å². The number of nitrogen functional groups attached to an aromatic ring is 1. The summed E-state index contributed by atoms with van der Waals surface area (Å²) in [6, 6.07) is 8.19. The Morgan fingerprint density at radius 2 is 1.85 bits per heavy atom. The van der Waals surface area contributed by atoms with Gasteiger partial charge < -0.3 is 11.1 Å². The zero-order valence-electron chi connectivity index (χ0n) is 10.9. The molecule has 0 fully saturated rings. The number of sulfonamides is 1. The lowest BCUT2D eigenvalue weighted by Gasteiger charge is -2.16. The molecule has 0 saturated heterocycles. The molecule has 0 amide bonds. The number of benzene rings is 1. The third-order valence-corrected chi connectivity index (χ3v) is 3.74. The number of nitrogens with two attached hydrogens (primary N) is 2. The maximum absolute atomic E-state index is 11.4. The molecule has 1 atom stereocenters. The molecule has 20 heavy (non-hydrogen) atoms. The van der Waals surface area contributed by atoms with E-state index in [0.29, 0.717) is 11.4 Å². The van der Waals surface area contributed by atoms with E-state index in [4.69, 9.17) is 10.9 Å². The minimum Gasteiger partial charge on any atom is -0.399 e. The summed E-state index contributed by atoms with van der Waals surface area (Å²) in [6.07, 6.45) is 3.39. The molecule has 2 rings (SSSR count). The van der Waals surface area contributed by atoms with Crippen molar-refractivity contribution >= 4 is 21.4 Å². The number of anilines is 2. The van der Waals surface area contributed by atoms with Gasteiger partial charge in [0.05, 0.1) is 4.90 Å². The zero-order chi connectivity index (χ0) is 14.8. The monoisotopic (exact) mass is 292 g/mol. The molecule has 1 aromatic carbocycles. The zero-order valence-corrected chi connectivity index (χ0v) is 11.8. The Morgan fingerprint density at radius 1 is 1.20 bits per heavy atom. The molecule has 1 heterocycles. The summed E-state index contributed by atoms with van der Waals surface area (Å²) >= 11 is 0. The van der Waals surface area contributed by atoms with E-state index in [2.05, 4.69) is 10.3 Å². The molecule has 6 nitrogen and oxygen atoms in total. The van der Waals surface area contributed by atoms with Crippen molar-refractivity contribution in [2.45, 2.75) is 17.9 Å². The average molecular weight is 292 g/mol. The minimum atomic E-state index is -3.78. The van der Waals surface area contributed by atoms with Crippen LogP contribution < -0.4 is 16.2 Å². The average Bonchev–Trinajstić information content (AvgIpc) is 2.38. The summed E-state index contributed by atoms with van der Waals surface area (Å²) in [4.78, 5) is 3.94. The van der Waals surface area contributed by atoms with Gasteiger partial charge in [0.2, 0.25) is 10.0 Å². The fraction of sp³-hybridized carbons (Fsp3) is 0.154. The van der Waals surface area contributed by atoms with E-state index in [-0.39, 0.29) is 10.9 Å². The summed E-state index contributed by atoms with van der Waals surface area (Å²) in [5.41, 5.74) is 7.66. The third-order valence-electron chi connectivity index (χ3n) is 2.85. The Bertz CT molecular complexity index is 702. The topological polar surface area (TPSA) is 111 Å². The third kappa shape index (κ3) is 3.46. The highest BCUT2D eigenvalue weighted by molar-refractivity contribution is 7.89. The van der Waals surface area contributed by atoms with Crippen molar-refractivity contribution in [3.63, 3.8) is 0 Å². The van der Waals surface area contributed by atoms with Crippen LogP contribution in [0.25, 0.3) is 0 Å². The van der Waals surface area contributed by atoms with Crippen LogP contribution in [0.3, 0.4) is 0 Å². The molecule has 106 valence electrons. The van der Waals surface area contributed by atoms with E-state index in [1.54, 1.807) is 18.5 Å². The van der Waals surface area contributed by atoms with Gasteiger partial charge in [-0.2, -0.15) is 0 Å². The Hall–Kier alpha value is -2.12. The summed E-state index contributed by atoms with van der Waals surface area (Å²) in [5, 5.41) is 8.30. The molecule has 7 heteroatoms. The molecule has 0 aliphatic rings. The lowest BCUT2D eigenvalue weighted by molar-refractivity contribution is 0.598. The highest BCUT2D eigenvalue weighted by Gasteiger charge is 2.11. The predicted molar refractivity (Wildman–Crippen MR) is 78.5 cm³/mol. The molecular weight excluding hydrogens is 276 g/mol. The Kier molecular flexibility index (Phi) is 3.91. The summed E-state index contributed by atoms with van der Waals surface area (Å²) in [5.74, 6) is 0. The fourth-order valence-electron chi connectivity index (χ4n) is 1.86. The van der Waals surface area contributed by atoms with Gasteiger partial charge in [0, 0.05) is 29.8 Å². The summed E-state index contributed by atoms with van der Waals surface area (Å²) in [7, 11) is -3.78. The maximum Gasteiger partial charge on any atom is 0.238 e.